The number of nitrogens with one attached hydrogen (secondary N) is 2. The number of methoxy groups -OCH3 is 1. The largest absolute Gasteiger partial charge is 0.495 e. The molecule has 2 N–H and O–H groups in total. The number of ether oxygens (including phenoxy) is 1. The first-order chi connectivity index (χ1) is 9.01. The lowest BCUT2D eigenvalue weighted by Crippen LogP contribution is -2.15. The normalized spacial score (nSPS) is 10.3. The van der Waals surface area contributed by atoms with E-state index in [0.29, 0.717) is 17.3 Å². The number of amides is 1. The zero-order valence-corrected chi connectivity index (χ0v) is 12.3. The van der Waals surface area contributed by atoms with E-state index in [9.17, 15) is 4.79 Å². The van der Waals surface area contributed by atoms with Gasteiger partial charge in [0, 0.05) is 4.47 Å². The summed E-state index contributed by atoms with van der Waals surface area (Å²) in [6, 6.07) is 3.67. The molecule has 0 aliphatic rings. The van der Waals surface area contributed by atoms with Gasteiger partial charge in [0.25, 0.3) is 5.91 Å². The number of hydrogen-bond acceptors (Lipinski definition) is 4. The number of carbonyl (C=O) groups is 1. The molecule has 100 valence electrons. The Hall–Kier alpha value is -1.89. The molecule has 0 aliphatic heterocycles. The molecule has 19 heavy (non-hydrogen) atoms. The highest BCUT2D eigenvalue weighted by atomic mass is 79.9. The van der Waals surface area contributed by atoms with Crippen LogP contribution in [-0.4, -0.2) is 28.2 Å². The topological polar surface area (TPSA) is 79.9 Å². The molecule has 0 fully saturated rings. The average Bonchev–Trinajstić information content (AvgIpc) is 2.78. The monoisotopic (exact) mass is 324 g/mol. The minimum Gasteiger partial charge on any atom is -0.495 e. The number of carbonyl (C=O) groups excluding carboxylic acids is 1. The zero-order valence-electron chi connectivity index (χ0n) is 10.7. The van der Waals surface area contributed by atoms with Gasteiger partial charge < -0.3 is 10.1 Å². The molecule has 0 unspecified atom stereocenters. The fourth-order valence-corrected chi connectivity index (χ4v) is 2.20. The molecule has 0 saturated carbocycles. The standard InChI is InChI=1S/C12H13BrN4O2/c1-6-4-8(13)5-9(19-3)10(6)15-12(18)11-14-7(2)16-17-11/h4-5H,1-3H3,(H,15,18)(H,14,16,17). The van der Waals surface area contributed by atoms with E-state index in [-0.39, 0.29) is 11.7 Å². The number of aromatic nitrogens is 3. The quantitative estimate of drug-likeness (QED) is 0.908. The second kappa shape index (κ2) is 5.40. The van der Waals surface area contributed by atoms with Gasteiger partial charge in [-0.25, -0.2) is 4.98 Å². The second-order valence-electron chi connectivity index (χ2n) is 4.00. The smallest absolute Gasteiger partial charge is 0.295 e. The third-order valence-electron chi connectivity index (χ3n) is 2.52. The lowest BCUT2D eigenvalue weighted by atomic mass is 10.2. The number of aryl methyl sites for hydroxylation is 2. The maximum atomic E-state index is 12.0. The van der Waals surface area contributed by atoms with E-state index in [0.717, 1.165) is 10.0 Å². The van der Waals surface area contributed by atoms with Gasteiger partial charge in [0.1, 0.15) is 11.6 Å². The maximum Gasteiger partial charge on any atom is 0.295 e. The van der Waals surface area contributed by atoms with Crippen molar-refractivity contribution in [2.24, 2.45) is 0 Å². The summed E-state index contributed by atoms with van der Waals surface area (Å²) in [5.41, 5.74) is 1.49. The highest BCUT2D eigenvalue weighted by Gasteiger charge is 2.16. The van der Waals surface area contributed by atoms with Gasteiger partial charge in [-0.1, -0.05) is 15.9 Å². The van der Waals surface area contributed by atoms with E-state index >= 15 is 0 Å². The predicted octanol–water partition coefficient (Wildman–Crippen LogP) is 2.44. The summed E-state index contributed by atoms with van der Waals surface area (Å²) in [6.45, 7) is 3.61. The van der Waals surface area contributed by atoms with Crippen LogP contribution < -0.4 is 10.1 Å². The molecule has 0 saturated heterocycles. The van der Waals surface area contributed by atoms with E-state index in [1.54, 1.807) is 20.1 Å². The SMILES string of the molecule is COc1cc(Br)cc(C)c1NC(=O)c1n[nH]c(C)n1. The Morgan fingerprint density at radius 3 is 2.74 bits per heavy atom. The summed E-state index contributed by atoms with van der Waals surface area (Å²) >= 11 is 3.38. The van der Waals surface area contributed by atoms with Gasteiger partial charge in [-0.05, 0) is 31.5 Å². The van der Waals surface area contributed by atoms with Crippen LogP contribution in [0.25, 0.3) is 0 Å². The van der Waals surface area contributed by atoms with Crippen molar-refractivity contribution < 1.29 is 9.53 Å². The van der Waals surface area contributed by atoms with Crippen LogP contribution in [0.15, 0.2) is 16.6 Å². The van der Waals surface area contributed by atoms with Crippen molar-refractivity contribution in [2.75, 3.05) is 12.4 Å². The molecule has 0 radical (unpaired) electrons. The van der Waals surface area contributed by atoms with Crippen molar-refractivity contribution >= 4 is 27.5 Å². The number of H-pyrrole nitrogens is 1. The Morgan fingerprint density at radius 2 is 2.16 bits per heavy atom. The molecule has 7 heteroatoms. The first-order valence-electron chi connectivity index (χ1n) is 5.55. The molecular weight excluding hydrogens is 312 g/mol. The van der Waals surface area contributed by atoms with Gasteiger partial charge in [-0.15, -0.1) is 5.10 Å². The van der Waals surface area contributed by atoms with Crippen LogP contribution in [0, 0.1) is 13.8 Å². The van der Waals surface area contributed by atoms with Gasteiger partial charge in [-0.2, -0.15) is 0 Å². The van der Waals surface area contributed by atoms with Crippen LogP contribution in [0.3, 0.4) is 0 Å². The Kier molecular flexibility index (Phi) is 3.84. The Balaban J connectivity index is 2.31. The van der Waals surface area contributed by atoms with Crippen LogP contribution in [0.4, 0.5) is 5.69 Å². The molecule has 2 aromatic rings. The average molecular weight is 325 g/mol. The van der Waals surface area contributed by atoms with Gasteiger partial charge in [0.2, 0.25) is 5.82 Å². The van der Waals surface area contributed by atoms with E-state index in [1.807, 2.05) is 13.0 Å². The number of rotatable bonds is 3. The van der Waals surface area contributed by atoms with Crippen LogP contribution >= 0.6 is 15.9 Å². The first-order valence-corrected chi connectivity index (χ1v) is 6.35. The summed E-state index contributed by atoms with van der Waals surface area (Å²) in [5, 5.41) is 9.20. The van der Waals surface area contributed by atoms with Gasteiger partial charge in [0.15, 0.2) is 0 Å². The molecule has 0 atom stereocenters. The second-order valence-corrected chi connectivity index (χ2v) is 4.91. The van der Waals surface area contributed by atoms with Gasteiger partial charge in [0.05, 0.1) is 12.8 Å². The summed E-state index contributed by atoms with van der Waals surface area (Å²) in [4.78, 5) is 16.0. The molecule has 1 aromatic heterocycles. The van der Waals surface area contributed by atoms with Crippen LogP contribution in [0.5, 0.6) is 5.75 Å². The third kappa shape index (κ3) is 2.93. The molecule has 0 aliphatic carbocycles. The number of anilines is 1. The van der Waals surface area contributed by atoms with Crippen molar-refractivity contribution in [3.63, 3.8) is 0 Å². The maximum absolute atomic E-state index is 12.0. The van der Waals surface area contributed by atoms with Crippen molar-refractivity contribution in [1.29, 1.82) is 0 Å². The number of benzene rings is 1. The summed E-state index contributed by atoms with van der Waals surface area (Å²) < 4.78 is 6.14. The molecule has 0 bridgehead atoms. The van der Waals surface area contributed by atoms with E-state index in [2.05, 4.69) is 36.4 Å². The summed E-state index contributed by atoms with van der Waals surface area (Å²) in [5.74, 6) is 0.882. The van der Waals surface area contributed by atoms with E-state index in [4.69, 9.17) is 4.74 Å². The molecule has 1 heterocycles. The summed E-state index contributed by atoms with van der Waals surface area (Å²) in [7, 11) is 1.55. The minimum absolute atomic E-state index is 0.0990. The number of aromatic amines is 1. The Labute approximate surface area is 118 Å². The van der Waals surface area contributed by atoms with Crippen molar-refractivity contribution in [3.8, 4) is 5.75 Å². The van der Waals surface area contributed by atoms with Gasteiger partial charge >= 0.3 is 0 Å². The first kappa shape index (κ1) is 13.5. The lowest BCUT2D eigenvalue weighted by molar-refractivity contribution is 0.101. The van der Waals surface area contributed by atoms with Crippen LogP contribution in [-0.2, 0) is 0 Å². The van der Waals surface area contributed by atoms with E-state index in [1.165, 1.54) is 0 Å². The Morgan fingerprint density at radius 1 is 1.42 bits per heavy atom. The molecule has 6 nitrogen and oxygen atoms in total. The van der Waals surface area contributed by atoms with Crippen molar-refractivity contribution in [1.82, 2.24) is 15.2 Å². The fourth-order valence-electron chi connectivity index (χ4n) is 1.65. The molecule has 1 aromatic carbocycles. The van der Waals surface area contributed by atoms with Gasteiger partial charge in [-0.3, -0.25) is 9.89 Å². The summed E-state index contributed by atoms with van der Waals surface area (Å²) in [6.07, 6.45) is 0. The third-order valence-corrected chi connectivity index (χ3v) is 2.98. The van der Waals surface area contributed by atoms with Crippen molar-refractivity contribution in [2.45, 2.75) is 13.8 Å². The Bertz CT molecular complexity index is 624. The van der Waals surface area contributed by atoms with Crippen molar-refractivity contribution in [3.05, 3.63) is 33.8 Å². The molecule has 0 spiro atoms. The lowest BCUT2D eigenvalue weighted by Gasteiger charge is -2.12. The van der Waals surface area contributed by atoms with Crippen LogP contribution in [0.2, 0.25) is 0 Å². The number of halogens is 1. The number of hydrogen-bond donors (Lipinski definition) is 2. The van der Waals surface area contributed by atoms with E-state index < -0.39 is 0 Å². The highest BCUT2D eigenvalue weighted by Crippen LogP contribution is 2.32. The zero-order chi connectivity index (χ0) is 14.0. The fraction of sp³-hybridized carbons (Fsp3) is 0.250. The molecule has 1 amide bonds. The minimum atomic E-state index is -0.381. The highest BCUT2D eigenvalue weighted by molar-refractivity contribution is 9.10. The predicted molar refractivity (Wildman–Crippen MR) is 74.5 cm³/mol. The number of nitrogens with zero attached hydrogens (tertiary/aromatic N) is 2. The molecule has 2 rings (SSSR count). The van der Waals surface area contributed by atoms with Crippen LogP contribution in [0.1, 0.15) is 22.0 Å². The molecular formula is C12H13BrN4O2.